The zero-order chi connectivity index (χ0) is 20.2. The van der Waals surface area contributed by atoms with Crippen molar-refractivity contribution >= 4 is 5.82 Å². The van der Waals surface area contributed by atoms with Gasteiger partial charge in [0.2, 0.25) is 5.82 Å². The molecule has 2 aromatic carbocycles. The predicted molar refractivity (Wildman–Crippen MR) is 113 cm³/mol. The fourth-order valence-electron chi connectivity index (χ4n) is 3.27. The molecule has 0 saturated heterocycles. The maximum Gasteiger partial charge on any atom is 0.258 e. The molecule has 0 unspecified atom stereocenters. The summed E-state index contributed by atoms with van der Waals surface area (Å²) < 4.78 is 11.0. The lowest BCUT2D eigenvalue weighted by Gasteiger charge is -2.12. The van der Waals surface area contributed by atoms with Gasteiger partial charge in [-0.05, 0) is 53.4 Å². The molecule has 1 N–H and O–H groups in total. The minimum absolute atomic E-state index is 0.464. The number of aromatic nitrogens is 3. The van der Waals surface area contributed by atoms with Crippen LogP contribution < -0.4 is 5.32 Å². The molecule has 4 aromatic rings. The molecule has 0 atom stereocenters. The van der Waals surface area contributed by atoms with Crippen LogP contribution in [0, 0.1) is 6.92 Å². The first-order valence-corrected chi connectivity index (χ1v) is 9.35. The molecule has 0 spiro atoms. The second kappa shape index (κ2) is 8.24. The molecule has 0 aliphatic carbocycles. The summed E-state index contributed by atoms with van der Waals surface area (Å²) in [5, 5.41) is 7.10. The third kappa shape index (κ3) is 3.88. The summed E-state index contributed by atoms with van der Waals surface area (Å²) >= 11 is 0. The Kier molecular flexibility index (Phi) is 5.35. The van der Waals surface area contributed by atoms with Crippen LogP contribution in [0.1, 0.15) is 11.1 Å². The van der Waals surface area contributed by atoms with Crippen molar-refractivity contribution < 1.29 is 9.26 Å². The summed E-state index contributed by atoms with van der Waals surface area (Å²) in [6.07, 6.45) is 1.72. The third-order valence-electron chi connectivity index (χ3n) is 4.79. The molecule has 4 rings (SSSR count). The summed E-state index contributed by atoms with van der Waals surface area (Å²) in [7, 11) is 3.52. The number of nitrogens with one attached hydrogen (secondary N) is 1. The second-order valence-electron chi connectivity index (χ2n) is 6.73. The Labute approximate surface area is 169 Å². The van der Waals surface area contributed by atoms with Crippen molar-refractivity contribution in [2.45, 2.75) is 13.5 Å². The summed E-state index contributed by atoms with van der Waals surface area (Å²) in [4.78, 5) is 8.85. The van der Waals surface area contributed by atoms with Crippen LogP contribution in [0.25, 0.3) is 34.0 Å². The van der Waals surface area contributed by atoms with E-state index in [1.807, 2.05) is 43.4 Å². The van der Waals surface area contributed by atoms with E-state index in [4.69, 9.17) is 9.26 Å². The van der Waals surface area contributed by atoms with E-state index in [1.54, 1.807) is 13.3 Å². The van der Waals surface area contributed by atoms with E-state index < -0.39 is 0 Å². The van der Waals surface area contributed by atoms with E-state index in [1.165, 1.54) is 11.1 Å². The van der Waals surface area contributed by atoms with Crippen molar-refractivity contribution in [2.24, 2.45) is 0 Å². The van der Waals surface area contributed by atoms with Gasteiger partial charge in [0.25, 0.3) is 5.89 Å². The Morgan fingerprint density at radius 1 is 1.00 bits per heavy atom. The maximum atomic E-state index is 5.52. The average Bonchev–Trinajstić information content (AvgIpc) is 3.25. The van der Waals surface area contributed by atoms with Crippen LogP contribution in [0.5, 0.6) is 0 Å². The van der Waals surface area contributed by atoms with Gasteiger partial charge in [-0.15, -0.1) is 0 Å². The molecular weight excluding hydrogens is 364 g/mol. The summed E-state index contributed by atoms with van der Waals surface area (Å²) in [5.41, 5.74) is 6.27. The van der Waals surface area contributed by atoms with Gasteiger partial charge in [0.05, 0.1) is 6.61 Å². The quantitative estimate of drug-likeness (QED) is 0.505. The van der Waals surface area contributed by atoms with Crippen molar-refractivity contribution in [1.29, 1.82) is 0 Å². The molecule has 0 amide bonds. The molecule has 0 aliphatic heterocycles. The highest BCUT2D eigenvalue weighted by Gasteiger charge is 2.14. The lowest BCUT2D eigenvalue weighted by Crippen LogP contribution is -1.95. The van der Waals surface area contributed by atoms with Crippen LogP contribution in [0.4, 0.5) is 5.82 Å². The van der Waals surface area contributed by atoms with Crippen LogP contribution in [0.3, 0.4) is 0 Å². The smallest absolute Gasteiger partial charge is 0.258 e. The molecule has 2 aromatic heterocycles. The largest absolute Gasteiger partial charge is 0.380 e. The standard InChI is InChI=1S/C23H22N4O2/c1-15-6-4-5-7-19(15)20-10-8-16(12-18(20)14-28-3)23-26-22(27-29-23)17-9-11-21(24-2)25-13-17/h4-13H,14H2,1-3H3,(H,24,25). The Balaban J connectivity index is 1.69. The number of pyridine rings is 1. The van der Waals surface area contributed by atoms with E-state index in [0.29, 0.717) is 18.3 Å². The number of rotatable bonds is 6. The van der Waals surface area contributed by atoms with Gasteiger partial charge in [-0.25, -0.2) is 4.98 Å². The zero-order valence-corrected chi connectivity index (χ0v) is 16.6. The van der Waals surface area contributed by atoms with Crippen molar-refractivity contribution in [3.8, 4) is 34.0 Å². The van der Waals surface area contributed by atoms with Gasteiger partial charge in [0.1, 0.15) is 5.82 Å². The van der Waals surface area contributed by atoms with E-state index in [0.717, 1.165) is 28.1 Å². The number of methoxy groups -OCH3 is 1. The minimum Gasteiger partial charge on any atom is -0.380 e. The zero-order valence-electron chi connectivity index (χ0n) is 16.6. The highest BCUT2D eigenvalue weighted by Crippen LogP contribution is 2.31. The number of aryl methyl sites for hydroxylation is 1. The lowest BCUT2D eigenvalue weighted by molar-refractivity contribution is 0.185. The molecule has 0 bridgehead atoms. The number of ether oxygens (including phenoxy) is 1. The second-order valence-corrected chi connectivity index (χ2v) is 6.73. The van der Waals surface area contributed by atoms with E-state index >= 15 is 0 Å². The molecule has 6 nitrogen and oxygen atoms in total. The Morgan fingerprint density at radius 2 is 1.83 bits per heavy atom. The highest BCUT2D eigenvalue weighted by atomic mass is 16.5. The van der Waals surface area contributed by atoms with Gasteiger partial charge in [-0.1, -0.05) is 35.5 Å². The van der Waals surface area contributed by atoms with Gasteiger partial charge < -0.3 is 14.6 Å². The number of hydrogen-bond acceptors (Lipinski definition) is 6. The number of nitrogens with zero attached hydrogens (tertiary/aromatic N) is 3. The number of benzene rings is 2. The van der Waals surface area contributed by atoms with Gasteiger partial charge in [0, 0.05) is 31.5 Å². The highest BCUT2D eigenvalue weighted by molar-refractivity contribution is 5.74. The van der Waals surface area contributed by atoms with Gasteiger partial charge in [-0.3, -0.25) is 0 Å². The Hall–Kier alpha value is -3.51. The normalized spacial score (nSPS) is 10.9. The molecule has 146 valence electrons. The Bertz CT molecular complexity index is 1120. The van der Waals surface area contributed by atoms with E-state index in [-0.39, 0.29) is 0 Å². The van der Waals surface area contributed by atoms with Crippen molar-refractivity contribution in [3.63, 3.8) is 0 Å². The van der Waals surface area contributed by atoms with Crippen molar-refractivity contribution in [2.75, 3.05) is 19.5 Å². The summed E-state index contributed by atoms with van der Waals surface area (Å²) in [5.74, 6) is 1.76. The fraction of sp³-hybridized carbons (Fsp3) is 0.174. The first-order valence-electron chi connectivity index (χ1n) is 9.35. The molecule has 0 fully saturated rings. The topological polar surface area (TPSA) is 73.1 Å². The number of anilines is 1. The molecule has 2 heterocycles. The summed E-state index contributed by atoms with van der Waals surface area (Å²) in [6, 6.07) is 18.2. The molecular formula is C23H22N4O2. The monoisotopic (exact) mass is 386 g/mol. The van der Waals surface area contributed by atoms with Crippen LogP contribution in [-0.4, -0.2) is 29.3 Å². The van der Waals surface area contributed by atoms with Crippen molar-refractivity contribution in [1.82, 2.24) is 15.1 Å². The maximum absolute atomic E-state index is 5.52. The first kappa shape index (κ1) is 18.8. The van der Waals surface area contributed by atoms with E-state index in [2.05, 4.69) is 45.6 Å². The SMILES string of the molecule is CNc1ccc(-c2noc(-c3ccc(-c4ccccc4C)c(COC)c3)n2)cn1. The third-order valence-corrected chi connectivity index (χ3v) is 4.79. The van der Waals surface area contributed by atoms with Crippen LogP contribution >= 0.6 is 0 Å². The van der Waals surface area contributed by atoms with Crippen LogP contribution in [0.15, 0.2) is 65.3 Å². The first-order chi connectivity index (χ1) is 14.2. The molecule has 0 aliphatic rings. The molecule has 6 heteroatoms. The number of hydrogen-bond donors (Lipinski definition) is 1. The Morgan fingerprint density at radius 3 is 2.55 bits per heavy atom. The predicted octanol–water partition coefficient (Wildman–Crippen LogP) is 4.96. The van der Waals surface area contributed by atoms with Gasteiger partial charge >= 0.3 is 0 Å². The summed E-state index contributed by atoms with van der Waals surface area (Å²) in [6.45, 7) is 2.60. The van der Waals surface area contributed by atoms with Crippen LogP contribution in [-0.2, 0) is 11.3 Å². The van der Waals surface area contributed by atoms with Crippen LogP contribution in [0.2, 0.25) is 0 Å². The molecule has 0 radical (unpaired) electrons. The molecule has 29 heavy (non-hydrogen) atoms. The van der Waals surface area contributed by atoms with Gasteiger partial charge in [-0.2, -0.15) is 4.98 Å². The van der Waals surface area contributed by atoms with E-state index in [9.17, 15) is 0 Å². The van der Waals surface area contributed by atoms with Crippen molar-refractivity contribution in [3.05, 3.63) is 71.9 Å². The van der Waals surface area contributed by atoms with Gasteiger partial charge in [0.15, 0.2) is 0 Å². The minimum atomic E-state index is 0.464. The average molecular weight is 386 g/mol. The molecule has 0 saturated carbocycles. The lowest BCUT2D eigenvalue weighted by atomic mass is 9.94. The fourth-order valence-corrected chi connectivity index (χ4v) is 3.27.